The van der Waals surface area contributed by atoms with E-state index in [1.807, 2.05) is 6.92 Å². The van der Waals surface area contributed by atoms with Gasteiger partial charge in [0.2, 0.25) is 5.91 Å². The van der Waals surface area contributed by atoms with Crippen LogP contribution in [0.3, 0.4) is 0 Å². The Kier molecular flexibility index (Phi) is 5.04. The number of anilines is 1. The molecular weight excluding hydrogens is 234 g/mol. The molecule has 0 aliphatic rings. The highest BCUT2D eigenvalue weighted by Gasteiger charge is 2.17. The third-order valence-corrected chi connectivity index (χ3v) is 2.18. The summed E-state index contributed by atoms with van der Waals surface area (Å²) in [5, 5.41) is 5.21. The van der Waals surface area contributed by atoms with Gasteiger partial charge in [-0.3, -0.25) is 14.6 Å². The molecule has 1 aromatic heterocycles. The Morgan fingerprint density at radius 2 is 2.17 bits per heavy atom. The van der Waals surface area contributed by atoms with Crippen molar-refractivity contribution in [1.29, 1.82) is 0 Å². The summed E-state index contributed by atoms with van der Waals surface area (Å²) < 4.78 is 0. The molecule has 7 nitrogen and oxygen atoms in total. The van der Waals surface area contributed by atoms with Gasteiger partial charge in [0.05, 0.1) is 12.4 Å². The fourth-order valence-electron chi connectivity index (χ4n) is 1.23. The van der Waals surface area contributed by atoms with Crippen molar-refractivity contribution in [2.75, 3.05) is 12.3 Å². The first-order valence-electron chi connectivity index (χ1n) is 5.70. The van der Waals surface area contributed by atoms with Crippen molar-refractivity contribution in [3.05, 3.63) is 18.1 Å². The Morgan fingerprint density at radius 3 is 2.78 bits per heavy atom. The summed E-state index contributed by atoms with van der Waals surface area (Å²) in [6, 6.07) is -0.632. The van der Waals surface area contributed by atoms with Crippen LogP contribution in [0.5, 0.6) is 0 Å². The third-order valence-electron chi connectivity index (χ3n) is 2.18. The Bertz CT molecular complexity index is 435. The van der Waals surface area contributed by atoms with E-state index in [4.69, 9.17) is 5.73 Å². The summed E-state index contributed by atoms with van der Waals surface area (Å²) in [5.41, 5.74) is 5.51. The zero-order chi connectivity index (χ0) is 13.5. The topological polar surface area (TPSA) is 110 Å². The molecular formula is C11H17N5O2. The molecule has 1 heterocycles. The van der Waals surface area contributed by atoms with E-state index in [1.165, 1.54) is 12.4 Å². The van der Waals surface area contributed by atoms with Gasteiger partial charge in [-0.1, -0.05) is 6.92 Å². The lowest BCUT2D eigenvalue weighted by atomic mass is 10.3. The molecule has 1 rings (SSSR count). The minimum atomic E-state index is -0.632. The standard InChI is InChI=1S/C11H17N5O2/c1-3-4-14-10(17)7(2)15-11(18)8-5-13-6-9(12)16-8/h5-7H,3-4H2,1-2H3,(H2,12,16)(H,14,17)(H,15,18). The number of carbonyl (C=O) groups is 2. The van der Waals surface area contributed by atoms with E-state index in [-0.39, 0.29) is 17.4 Å². The summed E-state index contributed by atoms with van der Waals surface area (Å²) >= 11 is 0. The lowest BCUT2D eigenvalue weighted by Gasteiger charge is -2.13. The maximum Gasteiger partial charge on any atom is 0.272 e. The van der Waals surface area contributed by atoms with E-state index in [2.05, 4.69) is 20.6 Å². The molecule has 0 radical (unpaired) electrons. The second-order valence-corrected chi connectivity index (χ2v) is 3.82. The SMILES string of the molecule is CCCNC(=O)C(C)NC(=O)c1cncc(N)n1. The van der Waals surface area contributed by atoms with Crippen LogP contribution in [0.25, 0.3) is 0 Å². The van der Waals surface area contributed by atoms with Crippen LogP contribution in [-0.2, 0) is 4.79 Å². The van der Waals surface area contributed by atoms with E-state index >= 15 is 0 Å². The number of hydrogen-bond acceptors (Lipinski definition) is 5. The van der Waals surface area contributed by atoms with Gasteiger partial charge in [0.25, 0.3) is 5.91 Å². The summed E-state index contributed by atoms with van der Waals surface area (Å²) in [4.78, 5) is 30.9. The summed E-state index contributed by atoms with van der Waals surface area (Å²) in [6.07, 6.45) is 3.48. The van der Waals surface area contributed by atoms with Crippen LogP contribution in [-0.4, -0.2) is 34.4 Å². The molecule has 4 N–H and O–H groups in total. The molecule has 0 saturated carbocycles. The molecule has 0 saturated heterocycles. The summed E-state index contributed by atoms with van der Waals surface area (Å²) in [7, 11) is 0. The van der Waals surface area contributed by atoms with Crippen molar-refractivity contribution in [3.63, 3.8) is 0 Å². The van der Waals surface area contributed by atoms with Crippen LogP contribution in [0.4, 0.5) is 5.82 Å². The number of carbonyl (C=O) groups excluding carboxylic acids is 2. The number of nitrogen functional groups attached to an aromatic ring is 1. The van der Waals surface area contributed by atoms with Gasteiger partial charge in [-0.15, -0.1) is 0 Å². The molecule has 1 unspecified atom stereocenters. The molecule has 0 aliphatic heterocycles. The van der Waals surface area contributed by atoms with Crippen LogP contribution in [0.1, 0.15) is 30.8 Å². The Hall–Kier alpha value is -2.18. The maximum atomic E-state index is 11.7. The van der Waals surface area contributed by atoms with Gasteiger partial charge in [0.15, 0.2) is 0 Å². The predicted octanol–water partition coefficient (Wildman–Crippen LogP) is -0.297. The Labute approximate surface area is 105 Å². The average molecular weight is 251 g/mol. The number of nitrogens with one attached hydrogen (secondary N) is 2. The van der Waals surface area contributed by atoms with Gasteiger partial charge in [-0.25, -0.2) is 4.98 Å². The van der Waals surface area contributed by atoms with Gasteiger partial charge in [0, 0.05) is 6.54 Å². The average Bonchev–Trinajstić information content (AvgIpc) is 2.35. The van der Waals surface area contributed by atoms with E-state index in [0.717, 1.165) is 6.42 Å². The van der Waals surface area contributed by atoms with Crippen LogP contribution < -0.4 is 16.4 Å². The van der Waals surface area contributed by atoms with Crippen LogP contribution in [0.2, 0.25) is 0 Å². The second kappa shape index (κ2) is 6.53. The number of amides is 2. The van der Waals surface area contributed by atoms with Gasteiger partial charge in [0.1, 0.15) is 17.6 Å². The first-order valence-corrected chi connectivity index (χ1v) is 5.70. The van der Waals surface area contributed by atoms with E-state index in [1.54, 1.807) is 6.92 Å². The highest BCUT2D eigenvalue weighted by Crippen LogP contribution is 1.97. The normalized spacial score (nSPS) is 11.7. The number of aromatic nitrogens is 2. The van der Waals surface area contributed by atoms with Crippen LogP contribution in [0.15, 0.2) is 12.4 Å². The van der Waals surface area contributed by atoms with E-state index in [0.29, 0.717) is 6.54 Å². The molecule has 98 valence electrons. The zero-order valence-electron chi connectivity index (χ0n) is 10.4. The highest BCUT2D eigenvalue weighted by atomic mass is 16.2. The molecule has 2 amide bonds. The Morgan fingerprint density at radius 1 is 1.44 bits per heavy atom. The number of rotatable bonds is 5. The van der Waals surface area contributed by atoms with Gasteiger partial charge in [-0.05, 0) is 13.3 Å². The maximum absolute atomic E-state index is 11.7. The predicted molar refractivity (Wildman–Crippen MR) is 66.7 cm³/mol. The molecule has 0 spiro atoms. The smallest absolute Gasteiger partial charge is 0.272 e. The van der Waals surface area contributed by atoms with Crippen LogP contribution in [0, 0.1) is 0 Å². The van der Waals surface area contributed by atoms with Crippen molar-refractivity contribution in [2.24, 2.45) is 0 Å². The second-order valence-electron chi connectivity index (χ2n) is 3.82. The van der Waals surface area contributed by atoms with Crippen molar-refractivity contribution in [1.82, 2.24) is 20.6 Å². The molecule has 0 aromatic carbocycles. The molecule has 0 aliphatic carbocycles. The van der Waals surface area contributed by atoms with Crippen molar-refractivity contribution < 1.29 is 9.59 Å². The largest absolute Gasteiger partial charge is 0.382 e. The first-order chi connectivity index (χ1) is 8.54. The van der Waals surface area contributed by atoms with Gasteiger partial charge in [-0.2, -0.15) is 0 Å². The minimum absolute atomic E-state index is 0.0881. The zero-order valence-corrected chi connectivity index (χ0v) is 10.4. The summed E-state index contributed by atoms with van der Waals surface area (Å²) in [6.45, 7) is 4.13. The van der Waals surface area contributed by atoms with Crippen molar-refractivity contribution in [3.8, 4) is 0 Å². The lowest BCUT2D eigenvalue weighted by molar-refractivity contribution is -0.122. The third kappa shape index (κ3) is 4.00. The molecule has 1 aromatic rings. The van der Waals surface area contributed by atoms with Gasteiger partial charge < -0.3 is 16.4 Å². The van der Waals surface area contributed by atoms with Gasteiger partial charge >= 0.3 is 0 Å². The van der Waals surface area contributed by atoms with E-state index in [9.17, 15) is 9.59 Å². The molecule has 1 atom stereocenters. The molecule has 0 bridgehead atoms. The monoisotopic (exact) mass is 251 g/mol. The Balaban J connectivity index is 2.56. The molecule has 18 heavy (non-hydrogen) atoms. The summed E-state index contributed by atoms with van der Waals surface area (Å²) in [5.74, 6) is -0.554. The lowest BCUT2D eigenvalue weighted by Crippen LogP contribution is -2.45. The number of nitrogens with two attached hydrogens (primary N) is 1. The van der Waals surface area contributed by atoms with Crippen LogP contribution >= 0.6 is 0 Å². The highest BCUT2D eigenvalue weighted by molar-refractivity contribution is 5.95. The van der Waals surface area contributed by atoms with Crippen molar-refractivity contribution >= 4 is 17.6 Å². The van der Waals surface area contributed by atoms with Crippen molar-refractivity contribution in [2.45, 2.75) is 26.3 Å². The quantitative estimate of drug-likeness (QED) is 0.665. The minimum Gasteiger partial charge on any atom is -0.382 e. The number of nitrogens with zero attached hydrogens (tertiary/aromatic N) is 2. The van der Waals surface area contributed by atoms with E-state index < -0.39 is 11.9 Å². The molecule has 0 fully saturated rings. The first kappa shape index (κ1) is 13.9. The fourth-order valence-corrected chi connectivity index (χ4v) is 1.23. The molecule has 7 heteroatoms. The fraction of sp³-hybridized carbons (Fsp3) is 0.455. The number of hydrogen-bond donors (Lipinski definition) is 3.